The van der Waals surface area contributed by atoms with Crippen LogP contribution in [0.1, 0.15) is 19.8 Å². The maximum atomic E-state index is 12.1. The summed E-state index contributed by atoms with van der Waals surface area (Å²) in [7, 11) is 0. The third kappa shape index (κ3) is 4.73. The summed E-state index contributed by atoms with van der Waals surface area (Å²) >= 11 is 3.35. The lowest BCUT2D eigenvalue weighted by Crippen LogP contribution is -2.44. The predicted molar refractivity (Wildman–Crippen MR) is 87.6 cm³/mol. The van der Waals surface area contributed by atoms with E-state index in [0.717, 1.165) is 17.3 Å². The Labute approximate surface area is 139 Å². The number of amides is 2. The Morgan fingerprint density at radius 3 is 2.50 bits per heavy atom. The maximum absolute atomic E-state index is 12.1. The predicted octanol–water partition coefficient (Wildman–Crippen LogP) is 2.20. The van der Waals surface area contributed by atoms with Crippen molar-refractivity contribution in [2.45, 2.75) is 19.8 Å². The quantitative estimate of drug-likeness (QED) is 0.866. The van der Waals surface area contributed by atoms with Crippen LogP contribution in [0.25, 0.3) is 0 Å². The summed E-state index contributed by atoms with van der Waals surface area (Å²) in [6, 6.07) is 7.38. The number of nitrogens with zero attached hydrogens (tertiary/aromatic N) is 1. The van der Waals surface area contributed by atoms with Crippen LogP contribution < -0.4 is 10.1 Å². The fourth-order valence-electron chi connectivity index (χ4n) is 2.48. The Morgan fingerprint density at radius 2 is 1.91 bits per heavy atom. The van der Waals surface area contributed by atoms with Crippen LogP contribution in [0.5, 0.6) is 5.75 Å². The van der Waals surface area contributed by atoms with Gasteiger partial charge in [-0.25, -0.2) is 0 Å². The highest BCUT2D eigenvalue weighted by molar-refractivity contribution is 9.10. The number of hydrogen-bond acceptors (Lipinski definition) is 3. The first-order valence-electron chi connectivity index (χ1n) is 7.54. The molecule has 0 atom stereocenters. The number of rotatable bonds is 5. The fourth-order valence-corrected chi connectivity index (χ4v) is 2.74. The van der Waals surface area contributed by atoms with E-state index < -0.39 is 0 Å². The third-order valence-electron chi connectivity index (χ3n) is 3.75. The van der Waals surface area contributed by atoms with Crippen LogP contribution in [0.3, 0.4) is 0 Å². The van der Waals surface area contributed by atoms with Crippen molar-refractivity contribution in [3.63, 3.8) is 0 Å². The van der Waals surface area contributed by atoms with Crippen LogP contribution in [0, 0.1) is 5.92 Å². The maximum Gasteiger partial charge on any atom is 0.260 e. The van der Waals surface area contributed by atoms with E-state index >= 15 is 0 Å². The second-order valence-electron chi connectivity index (χ2n) is 5.29. The molecule has 1 aromatic carbocycles. The largest absolute Gasteiger partial charge is 0.484 e. The Balaban J connectivity index is 1.75. The molecule has 120 valence electrons. The van der Waals surface area contributed by atoms with E-state index in [1.54, 1.807) is 4.90 Å². The lowest BCUT2D eigenvalue weighted by molar-refractivity contribution is -0.137. The average molecular weight is 369 g/mol. The number of hydrogen-bond donors (Lipinski definition) is 1. The van der Waals surface area contributed by atoms with Gasteiger partial charge >= 0.3 is 0 Å². The molecule has 22 heavy (non-hydrogen) atoms. The van der Waals surface area contributed by atoms with Gasteiger partial charge in [-0.2, -0.15) is 0 Å². The first kappa shape index (κ1) is 16.8. The van der Waals surface area contributed by atoms with E-state index in [0.29, 0.717) is 25.4 Å². The molecule has 1 aliphatic rings. The first-order chi connectivity index (χ1) is 10.6. The molecule has 0 spiro atoms. The molecule has 1 aliphatic heterocycles. The minimum atomic E-state index is -0.0303. The van der Waals surface area contributed by atoms with Crippen LogP contribution in [-0.2, 0) is 9.59 Å². The molecule has 0 bridgehead atoms. The molecular weight excluding hydrogens is 348 g/mol. The molecule has 0 saturated carbocycles. The van der Waals surface area contributed by atoms with Gasteiger partial charge in [0, 0.05) is 30.0 Å². The van der Waals surface area contributed by atoms with Gasteiger partial charge in [0.2, 0.25) is 5.91 Å². The average Bonchev–Trinajstić information content (AvgIpc) is 2.54. The van der Waals surface area contributed by atoms with Gasteiger partial charge in [0.15, 0.2) is 6.61 Å². The SMILES string of the molecule is CCNC(=O)C1CCN(C(=O)COc2ccc(Br)cc2)CC1. The number of ether oxygens (including phenoxy) is 1. The summed E-state index contributed by atoms with van der Waals surface area (Å²) in [5, 5.41) is 2.84. The smallest absolute Gasteiger partial charge is 0.260 e. The van der Waals surface area contributed by atoms with Crippen molar-refractivity contribution in [3.8, 4) is 5.75 Å². The number of carbonyl (C=O) groups excluding carboxylic acids is 2. The van der Waals surface area contributed by atoms with Crippen molar-refractivity contribution in [3.05, 3.63) is 28.7 Å². The summed E-state index contributed by atoms with van der Waals surface area (Å²) < 4.78 is 6.47. The van der Waals surface area contributed by atoms with Gasteiger partial charge in [0.05, 0.1) is 0 Å². The molecule has 5 nitrogen and oxygen atoms in total. The van der Waals surface area contributed by atoms with Crippen molar-refractivity contribution < 1.29 is 14.3 Å². The highest BCUT2D eigenvalue weighted by Gasteiger charge is 2.27. The number of piperidine rings is 1. The van der Waals surface area contributed by atoms with Crippen LogP contribution in [0.15, 0.2) is 28.7 Å². The molecule has 2 amide bonds. The Hall–Kier alpha value is -1.56. The number of nitrogens with one attached hydrogen (secondary N) is 1. The summed E-state index contributed by atoms with van der Waals surface area (Å²) in [6.07, 6.45) is 1.44. The second kappa shape index (κ2) is 8.17. The molecule has 1 fully saturated rings. The van der Waals surface area contributed by atoms with Gasteiger partial charge in [-0.05, 0) is 44.0 Å². The fraction of sp³-hybridized carbons (Fsp3) is 0.500. The Morgan fingerprint density at radius 1 is 1.27 bits per heavy atom. The monoisotopic (exact) mass is 368 g/mol. The summed E-state index contributed by atoms with van der Waals surface area (Å²) in [5.41, 5.74) is 0. The Bertz CT molecular complexity index is 511. The normalized spacial score (nSPS) is 15.5. The van der Waals surface area contributed by atoms with Gasteiger partial charge in [0.1, 0.15) is 5.75 Å². The van der Waals surface area contributed by atoms with Gasteiger partial charge in [-0.3, -0.25) is 9.59 Å². The molecule has 6 heteroatoms. The van der Waals surface area contributed by atoms with Crippen LogP contribution in [0.2, 0.25) is 0 Å². The van der Waals surface area contributed by atoms with Gasteiger partial charge in [-0.1, -0.05) is 15.9 Å². The van der Waals surface area contributed by atoms with Crippen molar-refractivity contribution in [2.24, 2.45) is 5.92 Å². The third-order valence-corrected chi connectivity index (χ3v) is 4.27. The number of likely N-dealkylation sites (tertiary alicyclic amines) is 1. The van der Waals surface area contributed by atoms with E-state index in [1.165, 1.54) is 0 Å². The van der Waals surface area contributed by atoms with Crippen molar-refractivity contribution in [1.29, 1.82) is 0 Å². The molecule has 1 N–H and O–H groups in total. The molecule has 1 heterocycles. The zero-order chi connectivity index (χ0) is 15.9. The van der Waals surface area contributed by atoms with Crippen molar-refractivity contribution >= 4 is 27.7 Å². The molecule has 1 aromatic rings. The van der Waals surface area contributed by atoms with Crippen LogP contribution in [0.4, 0.5) is 0 Å². The minimum absolute atomic E-state index is 0.0244. The van der Waals surface area contributed by atoms with E-state index in [-0.39, 0.29) is 24.3 Å². The number of halogens is 1. The van der Waals surface area contributed by atoms with E-state index in [4.69, 9.17) is 4.74 Å². The summed E-state index contributed by atoms with van der Waals surface area (Å²) in [6.45, 7) is 3.83. The van der Waals surface area contributed by atoms with Gasteiger partial charge < -0.3 is 15.0 Å². The lowest BCUT2D eigenvalue weighted by atomic mass is 9.96. The van der Waals surface area contributed by atoms with E-state index in [1.807, 2.05) is 31.2 Å². The molecule has 0 aromatic heterocycles. The Kier molecular flexibility index (Phi) is 6.24. The van der Waals surface area contributed by atoms with E-state index in [2.05, 4.69) is 21.2 Å². The molecule has 1 saturated heterocycles. The molecule has 0 aliphatic carbocycles. The van der Waals surface area contributed by atoms with Gasteiger partial charge in [-0.15, -0.1) is 0 Å². The van der Waals surface area contributed by atoms with E-state index in [9.17, 15) is 9.59 Å². The first-order valence-corrected chi connectivity index (χ1v) is 8.33. The molecule has 0 unspecified atom stereocenters. The van der Waals surface area contributed by atoms with Gasteiger partial charge in [0.25, 0.3) is 5.91 Å². The highest BCUT2D eigenvalue weighted by Crippen LogP contribution is 2.19. The second-order valence-corrected chi connectivity index (χ2v) is 6.21. The number of benzene rings is 1. The van der Waals surface area contributed by atoms with Crippen molar-refractivity contribution in [2.75, 3.05) is 26.2 Å². The zero-order valence-electron chi connectivity index (χ0n) is 12.7. The highest BCUT2D eigenvalue weighted by atomic mass is 79.9. The molecular formula is C16H21BrN2O3. The van der Waals surface area contributed by atoms with Crippen LogP contribution in [-0.4, -0.2) is 43.0 Å². The zero-order valence-corrected chi connectivity index (χ0v) is 14.3. The molecule has 2 rings (SSSR count). The standard InChI is InChI=1S/C16H21BrN2O3/c1-2-18-16(21)12-7-9-19(10-8-12)15(20)11-22-14-5-3-13(17)4-6-14/h3-6,12H,2,7-11H2,1H3,(H,18,21). The summed E-state index contributed by atoms with van der Waals surface area (Å²) in [5.74, 6) is 0.767. The minimum Gasteiger partial charge on any atom is -0.484 e. The summed E-state index contributed by atoms with van der Waals surface area (Å²) in [4.78, 5) is 25.7. The van der Waals surface area contributed by atoms with Crippen molar-refractivity contribution in [1.82, 2.24) is 10.2 Å². The van der Waals surface area contributed by atoms with Crippen LogP contribution >= 0.6 is 15.9 Å². The number of carbonyl (C=O) groups is 2. The molecule has 0 radical (unpaired) electrons. The topological polar surface area (TPSA) is 58.6 Å². The lowest BCUT2D eigenvalue weighted by Gasteiger charge is -2.31.